The molecule has 0 aliphatic carbocycles. The van der Waals surface area contributed by atoms with Crippen LogP contribution in [0.25, 0.3) is 16.7 Å². The van der Waals surface area contributed by atoms with E-state index < -0.39 is 0 Å². The largest absolute Gasteiger partial charge is 0.497 e. The van der Waals surface area contributed by atoms with Crippen molar-refractivity contribution in [1.29, 1.82) is 0 Å². The average molecular weight is 407 g/mol. The van der Waals surface area contributed by atoms with Gasteiger partial charge in [0.1, 0.15) is 11.5 Å². The molecule has 4 rings (SSSR count). The van der Waals surface area contributed by atoms with Crippen LogP contribution in [0.5, 0.6) is 5.75 Å². The summed E-state index contributed by atoms with van der Waals surface area (Å²) in [7, 11) is 3.42. The number of furan rings is 1. The van der Waals surface area contributed by atoms with Gasteiger partial charge in [0.15, 0.2) is 5.16 Å². The molecule has 0 aliphatic heterocycles. The number of carbonyl (C=O) groups excluding carboxylic acids is 1. The highest BCUT2D eigenvalue weighted by atomic mass is 32.2. The molecular weight excluding hydrogens is 386 g/mol. The summed E-state index contributed by atoms with van der Waals surface area (Å²) in [5, 5.41) is 0.774. The van der Waals surface area contributed by atoms with Gasteiger partial charge in [-0.3, -0.25) is 9.36 Å². The first kappa shape index (κ1) is 19.1. The first-order valence-electron chi connectivity index (χ1n) is 9.17. The number of thioether (sulfide) groups is 1. The van der Waals surface area contributed by atoms with Crippen molar-refractivity contribution < 1.29 is 13.9 Å². The van der Waals surface area contributed by atoms with Gasteiger partial charge in [0, 0.05) is 12.7 Å². The quantitative estimate of drug-likeness (QED) is 0.426. The van der Waals surface area contributed by atoms with E-state index in [0.717, 1.165) is 33.4 Å². The molecule has 0 saturated carbocycles. The summed E-state index contributed by atoms with van der Waals surface area (Å²) >= 11 is 1.43. The summed E-state index contributed by atoms with van der Waals surface area (Å²) in [5.74, 6) is 1.86. The van der Waals surface area contributed by atoms with Crippen molar-refractivity contribution in [3.8, 4) is 11.4 Å². The van der Waals surface area contributed by atoms with E-state index in [2.05, 4.69) is 4.57 Å². The topological polar surface area (TPSA) is 60.5 Å². The van der Waals surface area contributed by atoms with Gasteiger partial charge in [-0.05, 0) is 48.5 Å². The molecule has 0 N–H and O–H groups in total. The second kappa shape index (κ2) is 8.45. The number of benzene rings is 2. The van der Waals surface area contributed by atoms with Gasteiger partial charge in [-0.1, -0.05) is 23.9 Å². The minimum absolute atomic E-state index is 0.0136. The first-order chi connectivity index (χ1) is 14.2. The molecule has 2 aromatic carbocycles. The fraction of sp³-hybridized carbons (Fsp3) is 0.182. The number of hydrogen-bond donors (Lipinski definition) is 0. The Balaban J connectivity index is 1.57. The van der Waals surface area contributed by atoms with Crippen molar-refractivity contribution in [2.24, 2.45) is 0 Å². The molecular formula is C22H21N3O3S. The lowest BCUT2D eigenvalue weighted by Crippen LogP contribution is -2.27. The van der Waals surface area contributed by atoms with Crippen LogP contribution in [0.2, 0.25) is 0 Å². The van der Waals surface area contributed by atoms with E-state index in [4.69, 9.17) is 14.1 Å². The van der Waals surface area contributed by atoms with Crippen molar-refractivity contribution in [2.45, 2.75) is 11.7 Å². The van der Waals surface area contributed by atoms with Gasteiger partial charge in [-0.25, -0.2) is 4.98 Å². The minimum Gasteiger partial charge on any atom is -0.497 e. The molecule has 0 fully saturated rings. The molecule has 7 heteroatoms. The Morgan fingerprint density at radius 3 is 2.66 bits per heavy atom. The maximum atomic E-state index is 12.6. The third-order valence-electron chi connectivity index (χ3n) is 4.58. The average Bonchev–Trinajstić information content (AvgIpc) is 3.39. The van der Waals surface area contributed by atoms with Gasteiger partial charge in [-0.15, -0.1) is 0 Å². The lowest BCUT2D eigenvalue weighted by Gasteiger charge is -2.15. The number of nitrogens with zero attached hydrogens (tertiary/aromatic N) is 3. The fourth-order valence-electron chi connectivity index (χ4n) is 3.04. The zero-order chi connectivity index (χ0) is 20.2. The molecule has 29 heavy (non-hydrogen) atoms. The fourth-order valence-corrected chi connectivity index (χ4v) is 4.01. The minimum atomic E-state index is 0.0136. The van der Waals surface area contributed by atoms with E-state index in [1.54, 1.807) is 25.3 Å². The normalized spacial score (nSPS) is 11.0. The highest BCUT2D eigenvalue weighted by Gasteiger charge is 2.17. The molecule has 0 unspecified atom stereocenters. The van der Waals surface area contributed by atoms with Crippen LogP contribution in [-0.4, -0.2) is 40.3 Å². The molecule has 2 aromatic heterocycles. The highest BCUT2D eigenvalue weighted by Crippen LogP contribution is 2.29. The molecule has 0 atom stereocenters. The van der Waals surface area contributed by atoms with Crippen LogP contribution in [0.15, 0.2) is 76.5 Å². The SMILES string of the molecule is COc1ccc(-n2c(SCC(=O)N(C)Cc3ccco3)nc3ccccc32)cc1. The summed E-state index contributed by atoms with van der Waals surface area (Å²) < 4.78 is 12.7. The number of carbonyl (C=O) groups is 1. The van der Waals surface area contributed by atoms with Gasteiger partial charge in [-0.2, -0.15) is 0 Å². The van der Waals surface area contributed by atoms with Gasteiger partial charge in [0.25, 0.3) is 0 Å². The standard InChI is InChI=1S/C22H21N3O3S/c1-24(14-18-6-5-13-28-18)21(26)15-29-22-23-19-7-3-4-8-20(19)25(22)16-9-11-17(27-2)12-10-16/h3-13H,14-15H2,1-2H3. The maximum absolute atomic E-state index is 12.6. The lowest BCUT2D eigenvalue weighted by atomic mass is 10.2. The van der Waals surface area contributed by atoms with Crippen molar-refractivity contribution in [2.75, 3.05) is 19.9 Å². The molecule has 4 aromatic rings. The summed E-state index contributed by atoms with van der Waals surface area (Å²) in [4.78, 5) is 19.0. The summed E-state index contributed by atoms with van der Waals surface area (Å²) in [6.45, 7) is 0.446. The number of ether oxygens (including phenoxy) is 1. The molecule has 0 radical (unpaired) electrons. The van der Waals surface area contributed by atoms with Crippen LogP contribution in [0.4, 0.5) is 0 Å². The predicted molar refractivity (Wildman–Crippen MR) is 114 cm³/mol. The van der Waals surface area contributed by atoms with Crippen LogP contribution < -0.4 is 4.74 Å². The Labute approximate surface area is 173 Å². The summed E-state index contributed by atoms with van der Waals surface area (Å²) in [6.07, 6.45) is 1.61. The van der Waals surface area contributed by atoms with Gasteiger partial charge in [0.2, 0.25) is 5.91 Å². The molecule has 0 saturated heterocycles. The first-order valence-corrected chi connectivity index (χ1v) is 10.2. The van der Waals surface area contributed by atoms with Gasteiger partial charge in [0.05, 0.1) is 36.7 Å². The van der Waals surface area contributed by atoms with Crippen molar-refractivity contribution >= 4 is 28.7 Å². The maximum Gasteiger partial charge on any atom is 0.233 e. The molecule has 1 amide bonds. The van der Waals surface area contributed by atoms with Crippen molar-refractivity contribution in [3.63, 3.8) is 0 Å². The summed E-state index contributed by atoms with van der Waals surface area (Å²) in [5.41, 5.74) is 2.86. The zero-order valence-electron chi connectivity index (χ0n) is 16.2. The van der Waals surface area contributed by atoms with Crippen molar-refractivity contribution in [1.82, 2.24) is 14.5 Å². The highest BCUT2D eigenvalue weighted by molar-refractivity contribution is 7.99. The number of hydrogen-bond acceptors (Lipinski definition) is 5. The molecule has 0 bridgehead atoms. The molecule has 0 spiro atoms. The van der Waals surface area contributed by atoms with Crippen LogP contribution >= 0.6 is 11.8 Å². The van der Waals surface area contributed by atoms with Crippen LogP contribution in [-0.2, 0) is 11.3 Å². The lowest BCUT2D eigenvalue weighted by molar-refractivity contribution is -0.127. The molecule has 6 nitrogen and oxygen atoms in total. The second-order valence-corrected chi connectivity index (χ2v) is 7.48. The van der Waals surface area contributed by atoms with E-state index >= 15 is 0 Å². The van der Waals surface area contributed by atoms with Gasteiger partial charge >= 0.3 is 0 Å². The second-order valence-electron chi connectivity index (χ2n) is 6.53. The van der Waals surface area contributed by atoms with Crippen LogP contribution in [0, 0.1) is 0 Å². The number of rotatable bonds is 7. The predicted octanol–water partition coefficient (Wildman–Crippen LogP) is 4.38. The van der Waals surface area contributed by atoms with E-state index in [0.29, 0.717) is 6.54 Å². The molecule has 0 aliphatic rings. The molecule has 2 heterocycles. The number of fused-ring (bicyclic) bond motifs is 1. The number of aromatic nitrogens is 2. The van der Waals surface area contributed by atoms with E-state index in [-0.39, 0.29) is 11.7 Å². The van der Waals surface area contributed by atoms with Crippen LogP contribution in [0.1, 0.15) is 5.76 Å². The van der Waals surface area contributed by atoms with E-state index in [1.165, 1.54) is 11.8 Å². The Kier molecular flexibility index (Phi) is 5.57. The number of methoxy groups -OCH3 is 1. The third-order valence-corrected chi connectivity index (χ3v) is 5.51. The van der Waals surface area contributed by atoms with E-state index in [9.17, 15) is 4.79 Å². The number of amides is 1. The Morgan fingerprint density at radius 2 is 1.93 bits per heavy atom. The Bertz CT molecular complexity index is 1100. The van der Waals surface area contributed by atoms with Crippen LogP contribution in [0.3, 0.4) is 0 Å². The van der Waals surface area contributed by atoms with Crippen molar-refractivity contribution in [3.05, 3.63) is 72.7 Å². The summed E-state index contributed by atoms with van der Waals surface area (Å²) in [6, 6.07) is 19.4. The molecule has 148 valence electrons. The van der Waals surface area contributed by atoms with E-state index in [1.807, 2.05) is 60.7 Å². The Morgan fingerprint density at radius 1 is 1.14 bits per heavy atom. The third kappa shape index (κ3) is 4.14. The smallest absolute Gasteiger partial charge is 0.233 e. The zero-order valence-corrected chi connectivity index (χ0v) is 17.1. The van der Waals surface area contributed by atoms with Gasteiger partial charge < -0.3 is 14.1 Å². The monoisotopic (exact) mass is 407 g/mol. The number of para-hydroxylation sites is 2. The number of imidazole rings is 1. The Hall–Kier alpha value is -3.19.